The van der Waals surface area contributed by atoms with E-state index in [2.05, 4.69) is 20.5 Å². The third-order valence-electron chi connectivity index (χ3n) is 6.72. The number of alkyl carbamates (subject to hydrolysis) is 1. The Morgan fingerprint density at radius 2 is 1.95 bits per heavy atom. The van der Waals surface area contributed by atoms with Crippen molar-refractivity contribution >= 4 is 44.4 Å². The summed E-state index contributed by atoms with van der Waals surface area (Å²) >= 11 is 1.34. The fraction of sp³-hybridized carbons (Fsp3) is 0.429. The minimum absolute atomic E-state index is 0.00848. The van der Waals surface area contributed by atoms with Gasteiger partial charge in [0.25, 0.3) is 5.09 Å². The maximum absolute atomic E-state index is 13.6. The largest absolute Gasteiger partial charge is 0.461 e. The zero-order valence-electron chi connectivity index (χ0n) is 22.9. The third-order valence-corrected chi connectivity index (χ3v) is 7.72. The highest BCUT2D eigenvalue weighted by atomic mass is 32.1. The van der Waals surface area contributed by atoms with Gasteiger partial charge in [0.05, 0.1) is 21.5 Å². The summed E-state index contributed by atoms with van der Waals surface area (Å²) in [5.41, 5.74) is 0.0213. The van der Waals surface area contributed by atoms with Crippen LogP contribution in [-0.4, -0.2) is 46.8 Å². The number of aromatic nitrogens is 1. The summed E-state index contributed by atoms with van der Waals surface area (Å²) in [7, 11) is 0. The molecule has 3 aromatic rings. The molecule has 0 radical (unpaired) electrons. The fourth-order valence-electron chi connectivity index (χ4n) is 4.84. The van der Waals surface area contributed by atoms with Crippen molar-refractivity contribution < 1.29 is 33.8 Å². The van der Waals surface area contributed by atoms with Gasteiger partial charge >= 0.3 is 12.1 Å². The first-order chi connectivity index (χ1) is 19.5. The number of anilines is 1. The smallest absolute Gasteiger partial charge is 0.407 e. The predicted octanol–water partition coefficient (Wildman–Crippen LogP) is 4.58. The zero-order valence-corrected chi connectivity index (χ0v) is 23.7. The van der Waals surface area contributed by atoms with Crippen LogP contribution in [0.25, 0.3) is 10.1 Å². The molecule has 2 aromatic heterocycles. The van der Waals surface area contributed by atoms with Crippen LogP contribution >= 0.6 is 11.3 Å². The topological polar surface area (TPSA) is 159 Å². The van der Waals surface area contributed by atoms with Crippen LogP contribution in [0, 0.1) is 33.8 Å². The van der Waals surface area contributed by atoms with Crippen LogP contribution in [0.2, 0.25) is 0 Å². The number of nitrogens with zero attached hydrogens (tertiary/aromatic N) is 2. The van der Waals surface area contributed by atoms with Crippen molar-refractivity contribution in [1.82, 2.24) is 10.3 Å². The normalized spacial score (nSPS) is 19.0. The van der Waals surface area contributed by atoms with Gasteiger partial charge in [0.2, 0.25) is 5.91 Å². The number of esters is 1. The Morgan fingerprint density at radius 3 is 2.63 bits per heavy atom. The summed E-state index contributed by atoms with van der Waals surface area (Å²) in [4.78, 5) is 58.9. The Kier molecular flexibility index (Phi) is 9.38. The Morgan fingerprint density at radius 1 is 1.20 bits per heavy atom. The van der Waals surface area contributed by atoms with Crippen molar-refractivity contribution in [2.75, 3.05) is 18.5 Å². The highest BCUT2D eigenvalue weighted by molar-refractivity contribution is 7.22. The summed E-state index contributed by atoms with van der Waals surface area (Å²) < 4.78 is 11.8. The molecule has 12 nitrogen and oxygen atoms in total. The lowest BCUT2D eigenvalue weighted by molar-refractivity contribution is -0.760. The van der Waals surface area contributed by atoms with E-state index in [1.54, 1.807) is 45.3 Å². The minimum atomic E-state index is -0.912. The third kappa shape index (κ3) is 8.13. The number of benzene rings is 1. The number of hydrogen-bond donors (Lipinski definition) is 2. The number of ether oxygens (including phenoxy) is 2. The number of fused-ring (bicyclic) bond motifs is 1. The van der Waals surface area contributed by atoms with Gasteiger partial charge in [-0.3, -0.25) is 14.6 Å². The summed E-state index contributed by atoms with van der Waals surface area (Å²) in [6, 6.07) is 12.7. The second-order valence-electron chi connectivity index (χ2n) is 10.8. The first-order valence-corrected chi connectivity index (χ1v) is 13.9. The Hall–Kier alpha value is -4.26. The van der Waals surface area contributed by atoms with E-state index in [0.29, 0.717) is 5.00 Å². The lowest BCUT2D eigenvalue weighted by Crippen LogP contribution is -2.53. The van der Waals surface area contributed by atoms with E-state index in [9.17, 15) is 24.5 Å². The van der Waals surface area contributed by atoms with Gasteiger partial charge in [0.1, 0.15) is 18.8 Å². The minimum Gasteiger partial charge on any atom is -0.461 e. The van der Waals surface area contributed by atoms with Crippen LogP contribution in [0.5, 0.6) is 0 Å². The SMILES string of the molecule is CC(C)(C)OC(=O)NC[C@@H](C(=O)Nc1cc2ccncc2s1)[C@H]1C[C@H](CO[N+](=O)[O-])C1C(=O)OCc1ccccc1. The molecule has 0 aliphatic heterocycles. The van der Waals surface area contributed by atoms with Gasteiger partial charge in [-0.2, -0.15) is 0 Å². The van der Waals surface area contributed by atoms with Gasteiger partial charge in [-0.1, -0.05) is 30.3 Å². The molecule has 2 amide bonds. The molecule has 1 aromatic carbocycles. The van der Waals surface area contributed by atoms with Gasteiger partial charge in [0, 0.05) is 18.9 Å². The van der Waals surface area contributed by atoms with Gasteiger partial charge in [-0.25, -0.2) is 4.79 Å². The molecule has 218 valence electrons. The number of nitrogens with one attached hydrogen (secondary N) is 2. The standard InChI is InChI=1S/C28H32N4O8S/c1-28(2,3)40-27(35)30-13-21(25(33)31-23-12-18-9-10-29-14-22(18)41-23)20-11-19(16-39-32(36)37)24(20)26(34)38-15-17-7-5-4-6-8-17/h4-10,12,14,19-21,24H,11,13,15-16H2,1-3H3,(H,30,35)(H,31,33)/t19-,20-,21-,24?/m1/s1. The summed E-state index contributed by atoms with van der Waals surface area (Å²) in [5.74, 6) is -3.86. The van der Waals surface area contributed by atoms with Crippen LogP contribution in [0.15, 0.2) is 54.9 Å². The molecular weight excluding hydrogens is 552 g/mol. The molecule has 1 unspecified atom stereocenters. The number of hydrogen-bond acceptors (Lipinski definition) is 10. The van der Waals surface area contributed by atoms with Crippen molar-refractivity contribution in [3.8, 4) is 0 Å². The fourth-order valence-corrected chi connectivity index (χ4v) is 5.77. The van der Waals surface area contributed by atoms with Crippen LogP contribution in [0.1, 0.15) is 32.8 Å². The monoisotopic (exact) mass is 584 g/mol. The van der Waals surface area contributed by atoms with Gasteiger partial charge in [-0.05, 0) is 62.1 Å². The van der Waals surface area contributed by atoms with E-state index >= 15 is 0 Å². The number of pyridine rings is 1. The van der Waals surface area contributed by atoms with Crippen molar-refractivity contribution in [3.05, 3.63) is 70.5 Å². The molecular formula is C28H32N4O8S. The molecule has 41 heavy (non-hydrogen) atoms. The van der Waals surface area contributed by atoms with Crippen LogP contribution in [0.3, 0.4) is 0 Å². The lowest BCUT2D eigenvalue weighted by Gasteiger charge is -2.45. The summed E-state index contributed by atoms with van der Waals surface area (Å²) in [6.07, 6.45) is 2.92. The van der Waals surface area contributed by atoms with E-state index in [0.717, 1.165) is 15.6 Å². The highest BCUT2D eigenvalue weighted by Gasteiger charge is 2.52. The molecule has 4 atom stereocenters. The molecule has 2 heterocycles. The van der Waals surface area contributed by atoms with Crippen LogP contribution in [0.4, 0.5) is 9.80 Å². The lowest BCUT2D eigenvalue weighted by atomic mass is 9.59. The summed E-state index contributed by atoms with van der Waals surface area (Å²) in [6.45, 7) is 4.73. The van der Waals surface area contributed by atoms with Crippen molar-refractivity contribution in [3.63, 3.8) is 0 Å². The molecule has 0 spiro atoms. The Bertz CT molecular complexity index is 1360. The maximum atomic E-state index is 13.6. The molecule has 1 saturated carbocycles. The second-order valence-corrected chi connectivity index (χ2v) is 11.9. The van der Waals surface area contributed by atoms with Crippen molar-refractivity contribution in [1.29, 1.82) is 0 Å². The molecule has 0 bridgehead atoms. The number of amides is 2. The van der Waals surface area contributed by atoms with Gasteiger partial charge < -0.3 is 24.9 Å². The average Bonchev–Trinajstić information content (AvgIpc) is 3.30. The van der Waals surface area contributed by atoms with Gasteiger partial charge in [-0.15, -0.1) is 21.5 Å². The van der Waals surface area contributed by atoms with E-state index in [1.165, 1.54) is 11.3 Å². The predicted molar refractivity (Wildman–Crippen MR) is 150 cm³/mol. The summed E-state index contributed by atoms with van der Waals surface area (Å²) in [5, 5.41) is 17.0. The zero-order chi connectivity index (χ0) is 29.6. The number of carbonyl (C=O) groups excluding carboxylic acids is 3. The van der Waals surface area contributed by atoms with Crippen molar-refractivity contribution in [2.24, 2.45) is 23.7 Å². The molecule has 1 aliphatic rings. The first kappa shape index (κ1) is 29.7. The number of carbonyl (C=O) groups is 3. The Labute approximate surface area is 240 Å². The van der Waals surface area contributed by atoms with E-state index < -0.39 is 52.3 Å². The van der Waals surface area contributed by atoms with E-state index in [1.807, 2.05) is 30.3 Å². The molecule has 0 saturated heterocycles. The van der Waals surface area contributed by atoms with E-state index in [-0.39, 0.29) is 26.2 Å². The average molecular weight is 585 g/mol. The molecule has 1 fully saturated rings. The highest BCUT2D eigenvalue weighted by Crippen LogP contribution is 2.46. The van der Waals surface area contributed by atoms with E-state index in [4.69, 9.17) is 9.47 Å². The second kappa shape index (κ2) is 12.9. The molecule has 13 heteroatoms. The molecule has 2 N–H and O–H groups in total. The van der Waals surface area contributed by atoms with Gasteiger partial charge in [0.15, 0.2) is 0 Å². The number of rotatable bonds is 11. The van der Waals surface area contributed by atoms with Crippen molar-refractivity contribution in [2.45, 2.75) is 39.4 Å². The van der Waals surface area contributed by atoms with Crippen LogP contribution in [-0.2, 0) is 30.5 Å². The molecule has 4 rings (SSSR count). The quantitative estimate of drug-likeness (QED) is 0.187. The van der Waals surface area contributed by atoms with Crippen LogP contribution < -0.4 is 10.6 Å². The first-order valence-electron chi connectivity index (χ1n) is 13.1. The number of thiophene rings is 1. The Balaban J connectivity index is 1.54. The maximum Gasteiger partial charge on any atom is 0.407 e. The molecule has 1 aliphatic carbocycles.